The van der Waals surface area contributed by atoms with E-state index < -0.39 is 0 Å². The number of hydrogen-bond acceptors (Lipinski definition) is 2. The van der Waals surface area contributed by atoms with Gasteiger partial charge in [0, 0.05) is 17.4 Å². The van der Waals surface area contributed by atoms with Crippen molar-refractivity contribution in [3.63, 3.8) is 0 Å². The number of rotatable bonds is 1. The highest BCUT2D eigenvalue weighted by Crippen LogP contribution is 2.16. The van der Waals surface area contributed by atoms with Gasteiger partial charge in [-0.1, -0.05) is 6.07 Å². The van der Waals surface area contributed by atoms with Crippen LogP contribution in [-0.2, 0) is 0 Å². The summed E-state index contributed by atoms with van der Waals surface area (Å²) in [5, 5.41) is 9.36. The van der Waals surface area contributed by atoms with Crippen LogP contribution in [0.25, 0.3) is 5.69 Å². The maximum atomic E-state index is 11.9. The van der Waals surface area contributed by atoms with E-state index in [-0.39, 0.29) is 11.3 Å². The molecule has 3 nitrogen and oxygen atoms in total. The van der Waals surface area contributed by atoms with Crippen LogP contribution < -0.4 is 5.56 Å². The number of hydrogen-bond donors (Lipinski definition) is 1. The summed E-state index contributed by atoms with van der Waals surface area (Å²) in [6, 6.07) is 8.78. The summed E-state index contributed by atoms with van der Waals surface area (Å²) in [5.74, 6) is 0.00752. The highest BCUT2D eigenvalue weighted by Gasteiger charge is 2.06. The van der Waals surface area contributed by atoms with E-state index >= 15 is 0 Å². The van der Waals surface area contributed by atoms with Crippen LogP contribution in [0.1, 0.15) is 16.8 Å². The standard InChI is InChI=1S/C14H15NO2/c1-9-4-10(2)6-12(5-9)15-11(3)7-13(16)8-14(15)17/h4-8,16H,1-3H3. The molecule has 0 aliphatic carbocycles. The minimum Gasteiger partial charge on any atom is -0.508 e. The van der Waals surface area contributed by atoms with E-state index in [1.807, 2.05) is 26.0 Å². The van der Waals surface area contributed by atoms with Crippen molar-refractivity contribution < 1.29 is 5.11 Å². The Morgan fingerprint density at radius 1 is 0.941 bits per heavy atom. The lowest BCUT2D eigenvalue weighted by molar-refractivity contribution is 0.472. The van der Waals surface area contributed by atoms with Gasteiger partial charge in [-0.2, -0.15) is 0 Å². The van der Waals surface area contributed by atoms with Gasteiger partial charge >= 0.3 is 0 Å². The molecule has 0 aliphatic rings. The van der Waals surface area contributed by atoms with Gasteiger partial charge in [-0.25, -0.2) is 0 Å². The zero-order chi connectivity index (χ0) is 12.6. The first-order valence-electron chi connectivity index (χ1n) is 5.49. The Hall–Kier alpha value is -2.03. The van der Waals surface area contributed by atoms with Gasteiger partial charge in [0.2, 0.25) is 0 Å². The molecule has 1 N–H and O–H groups in total. The van der Waals surface area contributed by atoms with Gasteiger partial charge in [-0.05, 0) is 50.1 Å². The molecule has 0 radical (unpaired) electrons. The minimum atomic E-state index is -0.215. The van der Waals surface area contributed by atoms with Crippen LogP contribution in [0.15, 0.2) is 35.1 Å². The molecule has 0 atom stereocenters. The molecular weight excluding hydrogens is 214 g/mol. The summed E-state index contributed by atoms with van der Waals surface area (Å²) < 4.78 is 1.60. The molecule has 0 fully saturated rings. The van der Waals surface area contributed by atoms with Crippen molar-refractivity contribution in [2.75, 3.05) is 0 Å². The molecule has 1 heterocycles. The van der Waals surface area contributed by atoms with Crippen LogP contribution in [0, 0.1) is 20.8 Å². The van der Waals surface area contributed by atoms with Crippen molar-refractivity contribution in [2.45, 2.75) is 20.8 Å². The highest BCUT2D eigenvalue weighted by molar-refractivity contribution is 5.42. The monoisotopic (exact) mass is 229 g/mol. The second-order valence-electron chi connectivity index (χ2n) is 4.37. The second-order valence-corrected chi connectivity index (χ2v) is 4.37. The Morgan fingerprint density at radius 2 is 1.53 bits per heavy atom. The predicted octanol–water partition coefficient (Wildman–Crippen LogP) is 2.47. The molecule has 3 heteroatoms. The van der Waals surface area contributed by atoms with Crippen molar-refractivity contribution >= 4 is 0 Å². The summed E-state index contributed by atoms with van der Waals surface area (Å²) in [4.78, 5) is 11.9. The largest absolute Gasteiger partial charge is 0.508 e. The molecule has 0 amide bonds. The van der Waals surface area contributed by atoms with Crippen LogP contribution >= 0.6 is 0 Å². The number of pyridine rings is 1. The Bertz CT molecular complexity index is 606. The molecule has 1 aromatic carbocycles. The number of aryl methyl sites for hydroxylation is 3. The third-order valence-electron chi connectivity index (χ3n) is 2.67. The molecule has 1 aromatic heterocycles. The van der Waals surface area contributed by atoms with Crippen molar-refractivity contribution in [1.82, 2.24) is 4.57 Å². The van der Waals surface area contributed by atoms with Crippen molar-refractivity contribution in [1.29, 1.82) is 0 Å². The van der Waals surface area contributed by atoms with Crippen LogP contribution in [-0.4, -0.2) is 9.67 Å². The van der Waals surface area contributed by atoms with Gasteiger partial charge in [0.05, 0.1) is 0 Å². The first-order chi connectivity index (χ1) is 7.97. The minimum absolute atomic E-state index is 0.00752. The number of aromatic nitrogens is 1. The number of benzene rings is 1. The van der Waals surface area contributed by atoms with Gasteiger partial charge < -0.3 is 5.11 Å². The van der Waals surface area contributed by atoms with Gasteiger partial charge in [-0.15, -0.1) is 0 Å². The van der Waals surface area contributed by atoms with E-state index in [9.17, 15) is 9.90 Å². The lowest BCUT2D eigenvalue weighted by Crippen LogP contribution is -2.19. The average Bonchev–Trinajstić information content (AvgIpc) is 2.13. The van der Waals surface area contributed by atoms with E-state index in [1.54, 1.807) is 17.6 Å². The van der Waals surface area contributed by atoms with Gasteiger partial charge in [0.25, 0.3) is 5.56 Å². The molecule has 0 unspecified atom stereocenters. The fourth-order valence-electron chi connectivity index (χ4n) is 2.10. The van der Waals surface area contributed by atoms with Gasteiger partial charge in [0.1, 0.15) is 5.75 Å². The topological polar surface area (TPSA) is 42.2 Å². The molecule has 17 heavy (non-hydrogen) atoms. The van der Waals surface area contributed by atoms with Crippen LogP contribution in [0.4, 0.5) is 0 Å². The highest BCUT2D eigenvalue weighted by atomic mass is 16.3. The molecule has 2 aromatic rings. The van der Waals surface area contributed by atoms with Crippen LogP contribution in [0.3, 0.4) is 0 Å². The molecule has 0 spiro atoms. The van der Waals surface area contributed by atoms with E-state index in [0.29, 0.717) is 0 Å². The third-order valence-corrected chi connectivity index (χ3v) is 2.67. The molecule has 0 saturated carbocycles. The maximum absolute atomic E-state index is 11.9. The first-order valence-corrected chi connectivity index (χ1v) is 5.49. The third kappa shape index (κ3) is 2.23. The van der Waals surface area contributed by atoms with Crippen molar-refractivity contribution in [3.8, 4) is 11.4 Å². The fraction of sp³-hybridized carbons (Fsp3) is 0.214. The number of aromatic hydroxyl groups is 1. The van der Waals surface area contributed by atoms with E-state index in [4.69, 9.17) is 0 Å². The number of nitrogens with zero attached hydrogens (tertiary/aromatic N) is 1. The zero-order valence-corrected chi connectivity index (χ0v) is 10.2. The summed E-state index contributed by atoms with van der Waals surface area (Å²) in [5.41, 5.74) is 3.57. The average molecular weight is 229 g/mol. The van der Waals surface area contributed by atoms with E-state index in [1.165, 1.54) is 6.07 Å². The summed E-state index contributed by atoms with van der Waals surface area (Å²) >= 11 is 0. The normalized spacial score (nSPS) is 10.5. The molecule has 0 aliphatic heterocycles. The van der Waals surface area contributed by atoms with Crippen molar-refractivity contribution in [3.05, 3.63) is 57.5 Å². The lowest BCUT2D eigenvalue weighted by atomic mass is 10.1. The fourth-order valence-corrected chi connectivity index (χ4v) is 2.10. The van der Waals surface area contributed by atoms with E-state index in [2.05, 4.69) is 6.07 Å². The Morgan fingerprint density at radius 3 is 2.06 bits per heavy atom. The predicted molar refractivity (Wildman–Crippen MR) is 67.9 cm³/mol. The first kappa shape index (κ1) is 11.5. The summed E-state index contributed by atoms with van der Waals surface area (Å²) in [6.45, 7) is 5.80. The molecular formula is C14H15NO2. The molecule has 0 bridgehead atoms. The Kier molecular flexibility index (Phi) is 2.76. The summed E-state index contributed by atoms with van der Waals surface area (Å²) in [6.07, 6.45) is 0. The SMILES string of the molecule is Cc1cc(C)cc(-n2c(C)cc(O)cc2=O)c1. The van der Waals surface area contributed by atoms with Crippen LogP contribution in [0.2, 0.25) is 0 Å². The Labute approximate surface area is 100.0 Å². The Balaban J connectivity index is 2.72. The summed E-state index contributed by atoms with van der Waals surface area (Å²) in [7, 11) is 0. The smallest absolute Gasteiger partial charge is 0.258 e. The van der Waals surface area contributed by atoms with Crippen LogP contribution in [0.5, 0.6) is 5.75 Å². The van der Waals surface area contributed by atoms with Gasteiger partial charge in [0.15, 0.2) is 0 Å². The molecule has 88 valence electrons. The van der Waals surface area contributed by atoms with Crippen molar-refractivity contribution in [2.24, 2.45) is 0 Å². The lowest BCUT2D eigenvalue weighted by Gasteiger charge is -2.11. The van der Waals surface area contributed by atoms with E-state index in [0.717, 1.165) is 22.5 Å². The molecule has 0 saturated heterocycles. The zero-order valence-electron chi connectivity index (χ0n) is 10.2. The quantitative estimate of drug-likeness (QED) is 0.816. The second kappa shape index (κ2) is 4.09. The molecule has 2 rings (SSSR count). The van der Waals surface area contributed by atoms with Gasteiger partial charge in [-0.3, -0.25) is 9.36 Å². The maximum Gasteiger partial charge on any atom is 0.258 e.